The lowest BCUT2D eigenvalue weighted by Gasteiger charge is -2.08. The quantitative estimate of drug-likeness (QED) is 0.446. The van der Waals surface area contributed by atoms with Crippen LogP contribution in [-0.2, 0) is 14.8 Å². The van der Waals surface area contributed by atoms with Gasteiger partial charge in [0.2, 0.25) is 0 Å². The van der Waals surface area contributed by atoms with Gasteiger partial charge in [-0.3, -0.25) is 14.7 Å². The second-order valence-corrected chi connectivity index (χ2v) is 6.04. The molecule has 2 rings (SSSR count). The van der Waals surface area contributed by atoms with Gasteiger partial charge in [0.15, 0.2) is 0 Å². The zero-order valence-electron chi connectivity index (χ0n) is 11.4. The number of anilines is 1. The maximum Gasteiger partial charge on any atom is 0.267 e. The number of benzene rings is 2. The molecule has 7 heteroatoms. The highest BCUT2D eigenvalue weighted by atomic mass is 32.2. The first-order valence-corrected chi connectivity index (χ1v) is 7.80. The summed E-state index contributed by atoms with van der Waals surface area (Å²) in [6, 6.07) is 14.5. The van der Waals surface area contributed by atoms with E-state index >= 15 is 0 Å². The Labute approximate surface area is 128 Å². The van der Waals surface area contributed by atoms with Crippen LogP contribution in [0.5, 0.6) is 0 Å². The molecule has 3 N–H and O–H groups in total. The Morgan fingerprint density at radius 3 is 2.45 bits per heavy atom. The van der Waals surface area contributed by atoms with Crippen molar-refractivity contribution in [2.75, 3.05) is 4.72 Å². The van der Waals surface area contributed by atoms with E-state index in [1.54, 1.807) is 42.5 Å². The van der Waals surface area contributed by atoms with E-state index in [2.05, 4.69) is 4.72 Å². The first kappa shape index (κ1) is 15.7. The molecule has 6 nitrogen and oxygen atoms in total. The molecular weight excluding hydrogens is 304 g/mol. The molecule has 0 aliphatic carbocycles. The van der Waals surface area contributed by atoms with E-state index in [0.29, 0.717) is 11.3 Å². The molecule has 0 aromatic heterocycles. The number of hydroxylamine groups is 1. The predicted molar refractivity (Wildman–Crippen MR) is 82.7 cm³/mol. The highest BCUT2D eigenvalue weighted by molar-refractivity contribution is 7.92. The SMILES string of the molecule is O=C(/C=C/c1cccc(NS(=O)(=O)c2ccccc2)c1)NO. The molecule has 0 saturated heterocycles. The van der Waals surface area contributed by atoms with Crippen LogP contribution in [0, 0.1) is 0 Å². The van der Waals surface area contributed by atoms with Gasteiger partial charge in [-0.2, -0.15) is 0 Å². The molecule has 22 heavy (non-hydrogen) atoms. The summed E-state index contributed by atoms with van der Waals surface area (Å²) in [5.74, 6) is -0.671. The van der Waals surface area contributed by atoms with Crippen LogP contribution in [0.2, 0.25) is 0 Å². The van der Waals surface area contributed by atoms with Crippen LogP contribution in [0.3, 0.4) is 0 Å². The van der Waals surface area contributed by atoms with Crippen molar-refractivity contribution in [3.63, 3.8) is 0 Å². The minimum absolute atomic E-state index is 0.163. The number of hydrogen-bond acceptors (Lipinski definition) is 4. The van der Waals surface area contributed by atoms with Gasteiger partial charge in [-0.15, -0.1) is 0 Å². The summed E-state index contributed by atoms with van der Waals surface area (Å²) < 4.78 is 26.9. The van der Waals surface area contributed by atoms with Crippen LogP contribution in [0.4, 0.5) is 5.69 Å². The standard InChI is InChI=1S/C15H14N2O4S/c18-15(16-19)10-9-12-5-4-6-13(11-12)17-22(20,21)14-7-2-1-3-8-14/h1-11,17,19H,(H,16,18)/b10-9+. The summed E-state index contributed by atoms with van der Waals surface area (Å²) in [6.45, 7) is 0. The van der Waals surface area contributed by atoms with Crippen LogP contribution in [0.25, 0.3) is 6.08 Å². The Morgan fingerprint density at radius 2 is 1.77 bits per heavy atom. The summed E-state index contributed by atoms with van der Waals surface area (Å²) in [5, 5.41) is 8.40. The fourth-order valence-corrected chi connectivity index (χ4v) is 2.80. The van der Waals surface area contributed by atoms with Gasteiger partial charge in [-0.1, -0.05) is 30.3 Å². The van der Waals surface area contributed by atoms with Gasteiger partial charge in [0.05, 0.1) is 4.90 Å². The molecule has 0 saturated carbocycles. The molecule has 2 aromatic rings. The second-order valence-electron chi connectivity index (χ2n) is 4.35. The fraction of sp³-hybridized carbons (Fsp3) is 0. The molecule has 0 heterocycles. The Balaban J connectivity index is 2.20. The summed E-state index contributed by atoms with van der Waals surface area (Å²) in [6.07, 6.45) is 2.58. The molecule has 1 amide bonds. The highest BCUT2D eigenvalue weighted by Crippen LogP contribution is 2.17. The fourth-order valence-electron chi connectivity index (χ4n) is 1.73. The van der Waals surface area contributed by atoms with Crippen molar-refractivity contribution in [3.8, 4) is 0 Å². The van der Waals surface area contributed by atoms with Crippen molar-refractivity contribution < 1.29 is 18.4 Å². The maximum absolute atomic E-state index is 12.2. The van der Waals surface area contributed by atoms with E-state index in [0.717, 1.165) is 6.08 Å². The average Bonchev–Trinajstić information content (AvgIpc) is 2.53. The number of amides is 1. The van der Waals surface area contributed by atoms with Crippen LogP contribution in [0.15, 0.2) is 65.6 Å². The Bertz CT molecular complexity index is 786. The van der Waals surface area contributed by atoms with Crippen molar-refractivity contribution in [1.82, 2.24) is 5.48 Å². The lowest BCUT2D eigenvalue weighted by Crippen LogP contribution is -2.14. The molecule has 0 fully saturated rings. The van der Waals surface area contributed by atoms with E-state index in [1.807, 2.05) is 0 Å². The number of carbonyl (C=O) groups excluding carboxylic acids is 1. The average molecular weight is 318 g/mol. The van der Waals surface area contributed by atoms with Gasteiger partial charge in [0, 0.05) is 11.8 Å². The van der Waals surface area contributed by atoms with Crippen molar-refractivity contribution >= 4 is 27.7 Å². The van der Waals surface area contributed by atoms with Crippen LogP contribution in [0.1, 0.15) is 5.56 Å². The molecule has 2 aromatic carbocycles. The molecule has 0 spiro atoms. The van der Waals surface area contributed by atoms with Crippen LogP contribution >= 0.6 is 0 Å². The Hall–Kier alpha value is -2.64. The maximum atomic E-state index is 12.2. The second kappa shape index (κ2) is 6.88. The van der Waals surface area contributed by atoms with Gasteiger partial charge < -0.3 is 0 Å². The third-order valence-electron chi connectivity index (χ3n) is 2.73. The zero-order valence-corrected chi connectivity index (χ0v) is 12.2. The van der Waals surface area contributed by atoms with Crippen LogP contribution in [-0.4, -0.2) is 19.5 Å². The Morgan fingerprint density at radius 1 is 1.05 bits per heavy atom. The van der Waals surface area contributed by atoms with E-state index < -0.39 is 15.9 Å². The van der Waals surface area contributed by atoms with Crippen molar-refractivity contribution in [2.45, 2.75) is 4.90 Å². The lowest BCUT2D eigenvalue weighted by atomic mass is 10.2. The number of sulfonamides is 1. The summed E-state index contributed by atoms with van der Waals surface area (Å²) in [7, 11) is -3.66. The Kier molecular flexibility index (Phi) is 4.92. The lowest BCUT2D eigenvalue weighted by molar-refractivity contribution is -0.124. The van der Waals surface area contributed by atoms with Crippen molar-refractivity contribution in [2.24, 2.45) is 0 Å². The van der Waals surface area contributed by atoms with Gasteiger partial charge in [-0.05, 0) is 35.9 Å². The third-order valence-corrected chi connectivity index (χ3v) is 4.13. The first-order chi connectivity index (χ1) is 10.5. The molecule has 0 unspecified atom stereocenters. The molecular formula is C15H14N2O4S. The van der Waals surface area contributed by atoms with Gasteiger partial charge >= 0.3 is 0 Å². The molecule has 0 atom stereocenters. The smallest absolute Gasteiger partial charge is 0.267 e. The molecule has 114 valence electrons. The van der Waals surface area contributed by atoms with Gasteiger partial charge in [0.25, 0.3) is 15.9 Å². The summed E-state index contributed by atoms with van der Waals surface area (Å²) >= 11 is 0. The van der Waals surface area contributed by atoms with E-state index in [-0.39, 0.29) is 4.90 Å². The van der Waals surface area contributed by atoms with Crippen LogP contribution < -0.4 is 10.2 Å². The minimum atomic E-state index is -3.66. The largest absolute Gasteiger partial charge is 0.288 e. The number of carbonyl (C=O) groups is 1. The molecule has 0 bridgehead atoms. The third kappa shape index (κ3) is 4.18. The number of rotatable bonds is 5. The molecule has 0 radical (unpaired) electrons. The minimum Gasteiger partial charge on any atom is -0.288 e. The van der Waals surface area contributed by atoms with E-state index in [1.165, 1.54) is 23.7 Å². The molecule has 0 aliphatic rings. The highest BCUT2D eigenvalue weighted by Gasteiger charge is 2.13. The summed E-state index contributed by atoms with van der Waals surface area (Å²) in [4.78, 5) is 11.1. The normalized spacial score (nSPS) is 11.3. The van der Waals surface area contributed by atoms with Crippen molar-refractivity contribution in [3.05, 3.63) is 66.2 Å². The number of hydrogen-bond donors (Lipinski definition) is 3. The van der Waals surface area contributed by atoms with E-state index in [9.17, 15) is 13.2 Å². The monoisotopic (exact) mass is 318 g/mol. The van der Waals surface area contributed by atoms with E-state index in [4.69, 9.17) is 5.21 Å². The number of nitrogens with one attached hydrogen (secondary N) is 2. The molecule has 0 aliphatic heterocycles. The topological polar surface area (TPSA) is 95.5 Å². The summed E-state index contributed by atoms with van der Waals surface area (Å²) in [5.41, 5.74) is 2.45. The van der Waals surface area contributed by atoms with Gasteiger partial charge in [0.1, 0.15) is 0 Å². The van der Waals surface area contributed by atoms with Crippen molar-refractivity contribution in [1.29, 1.82) is 0 Å². The first-order valence-electron chi connectivity index (χ1n) is 6.31. The van der Waals surface area contributed by atoms with Gasteiger partial charge in [-0.25, -0.2) is 13.9 Å². The zero-order chi connectivity index (χ0) is 16.0. The predicted octanol–water partition coefficient (Wildman–Crippen LogP) is 2.01.